The molecule has 160 valence electrons. The van der Waals surface area contributed by atoms with Gasteiger partial charge in [-0.2, -0.15) is 0 Å². The summed E-state index contributed by atoms with van der Waals surface area (Å²) in [7, 11) is 3.03. The monoisotopic (exact) mass is 413 g/mol. The first-order valence-corrected chi connectivity index (χ1v) is 10.1. The number of hydrogen-bond acceptors (Lipinski definition) is 9. The Labute approximate surface area is 175 Å². The second-order valence-electron chi connectivity index (χ2n) is 7.37. The van der Waals surface area contributed by atoms with Crippen LogP contribution in [-0.2, 0) is 14.3 Å². The predicted octanol–water partition coefficient (Wildman–Crippen LogP) is 1.61. The molecule has 9 nitrogen and oxygen atoms in total. The number of ether oxygens (including phenoxy) is 3. The van der Waals surface area contributed by atoms with Crippen LogP contribution in [0, 0.1) is 0 Å². The summed E-state index contributed by atoms with van der Waals surface area (Å²) in [5.41, 5.74) is 2.69. The molecular formula is C21H27N5O4. The number of carbonyl (C=O) groups excluding carboxylic acids is 1. The number of rotatable bonds is 7. The fraction of sp³-hybridized carbons (Fsp3) is 0.476. The van der Waals surface area contributed by atoms with Gasteiger partial charge in [0.2, 0.25) is 0 Å². The van der Waals surface area contributed by atoms with E-state index in [1.165, 1.54) is 7.11 Å². The molecule has 0 unspecified atom stereocenters. The van der Waals surface area contributed by atoms with E-state index >= 15 is 0 Å². The van der Waals surface area contributed by atoms with Gasteiger partial charge >= 0.3 is 5.97 Å². The molecule has 1 aromatic heterocycles. The lowest BCUT2D eigenvalue weighted by Crippen LogP contribution is -2.58. The number of hydrogen-bond donors (Lipinski definition) is 1. The van der Waals surface area contributed by atoms with Crippen LogP contribution in [0.1, 0.15) is 6.42 Å². The van der Waals surface area contributed by atoms with Gasteiger partial charge in [-0.1, -0.05) is 12.1 Å². The number of esters is 1. The first-order valence-electron chi connectivity index (χ1n) is 10.1. The zero-order chi connectivity index (χ0) is 20.9. The van der Waals surface area contributed by atoms with Crippen LogP contribution in [0.2, 0.25) is 0 Å². The number of methoxy groups -OCH3 is 2. The smallest absolute Gasteiger partial charge is 0.306 e. The Balaban J connectivity index is 1.53. The minimum absolute atomic E-state index is 0.168. The van der Waals surface area contributed by atoms with Crippen molar-refractivity contribution in [2.24, 2.45) is 0 Å². The first-order chi connectivity index (χ1) is 14.7. The van der Waals surface area contributed by atoms with Gasteiger partial charge in [-0.15, -0.1) is 10.2 Å². The van der Waals surface area contributed by atoms with Gasteiger partial charge in [0.1, 0.15) is 5.75 Å². The highest BCUT2D eigenvalue weighted by Gasteiger charge is 2.33. The number of benzene rings is 1. The third kappa shape index (κ3) is 4.31. The molecular weight excluding hydrogens is 386 g/mol. The summed E-state index contributed by atoms with van der Waals surface area (Å²) in [5, 5.41) is 12.3. The van der Waals surface area contributed by atoms with Crippen LogP contribution in [0.3, 0.4) is 0 Å². The van der Waals surface area contributed by atoms with Crippen molar-refractivity contribution in [3.8, 4) is 17.0 Å². The maximum Gasteiger partial charge on any atom is 0.306 e. The summed E-state index contributed by atoms with van der Waals surface area (Å²) >= 11 is 0. The fourth-order valence-corrected chi connectivity index (χ4v) is 3.97. The number of carbonyl (C=O) groups is 1. The molecule has 1 N–H and O–H groups in total. The zero-order valence-electron chi connectivity index (χ0n) is 17.3. The van der Waals surface area contributed by atoms with E-state index in [-0.39, 0.29) is 12.8 Å². The van der Waals surface area contributed by atoms with Gasteiger partial charge in [0.15, 0.2) is 12.6 Å². The van der Waals surface area contributed by atoms with E-state index in [1.54, 1.807) is 7.11 Å². The lowest BCUT2D eigenvalue weighted by Gasteiger charge is -2.45. The molecule has 0 amide bonds. The number of piperazine rings is 1. The number of aromatic nitrogens is 2. The molecule has 1 aromatic carbocycles. The van der Waals surface area contributed by atoms with Crippen LogP contribution >= 0.6 is 0 Å². The quantitative estimate of drug-likeness (QED) is 0.537. The minimum atomic E-state index is -0.168. The number of nitrogens with one attached hydrogen (secondary N) is 1. The molecule has 0 saturated carbocycles. The molecule has 1 atom stereocenters. The fourth-order valence-electron chi connectivity index (χ4n) is 3.97. The average Bonchev–Trinajstić information content (AvgIpc) is 2.80. The molecule has 2 aromatic rings. The third-order valence-electron chi connectivity index (χ3n) is 5.51. The molecule has 9 heteroatoms. The molecule has 0 spiro atoms. The molecule has 1 saturated heterocycles. The number of fused-ring (bicyclic) bond motifs is 3. The number of anilines is 2. The van der Waals surface area contributed by atoms with Crippen LogP contribution in [0.25, 0.3) is 11.3 Å². The second kappa shape index (κ2) is 9.27. The van der Waals surface area contributed by atoms with Crippen LogP contribution < -0.4 is 15.0 Å². The molecule has 0 aliphatic carbocycles. The summed E-state index contributed by atoms with van der Waals surface area (Å²) in [6, 6.07) is 10.1. The summed E-state index contributed by atoms with van der Waals surface area (Å²) in [5.74, 6) is 1.34. The Bertz CT molecular complexity index is 893. The summed E-state index contributed by atoms with van der Waals surface area (Å²) in [4.78, 5) is 16.2. The van der Waals surface area contributed by atoms with Gasteiger partial charge in [0.05, 0.1) is 31.0 Å². The van der Waals surface area contributed by atoms with Crippen molar-refractivity contribution in [1.29, 1.82) is 0 Å². The molecule has 4 rings (SSSR count). The standard InChI is InChI=1S/C21H27N5O4/c1-28-14-30-19-6-4-3-5-16(19)17-11-18-21(24-23-17)22-12-15-13-25(9-10-26(15)18)8-7-20(27)29-2/h3-6,11,15H,7-10,12-14H2,1-2H3,(H,22,24)/t15-/m0/s1. The first kappa shape index (κ1) is 20.4. The van der Waals surface area contributed by atoms with E-state index in [2.05, 4.69) is 31.4 Å². The summed E-state index contributed by atoms with van der Waals surface area (Å²) < 4.78 is 15.5. The van der Waals surface area contributed by atoms with Crippen molar-refractivity contribution in [2.45, 2.75) is 12.5 Å². The molecule has 2 aliphatic heterocycles. The van der Waals surface area contributed by atoms with E-state index in [1.807, 2.05) is 24.3 Å². The van der Waals surface area contributed by atoms with Gasteiger partial charge in [0, 0.05) is 45.4 Å². The number of nitrogens with zero attached hydrogens (tertiary/aromatic N) is 4. The van der Waals surface area contributed by atoms with E-state index in [0.717, 1.165) is 48.9 Å². The SMILES string of the molecule is COCOc1ccccc1-c1cc2c(nn1)NC[C@H]1CN(CCC(=O)OC)CCN21. The third-order valence-corrected chi connectivity index (χ3v) is 5.51. The molecule has 3 heterocycles. The minimum Gasteiger partial charge on any atom is -0.469 e. The Morgan fingerprint density at radius 2 is 2.10 bits per heavy atom. The summed E-state index contributed by atoms with van der Waals surface area (Å²) in [6.45, 7) is 4.32. The topological polar surface area (TPSA) is 89.1 Å². The van der Waals surface area contributed by atoms with Crippen molar-refractivity contribution in [1.82, 2.24) is 15.1 Å². The largest absolute Gasteiger partial charge is 0.469 e. The van der Waals surface area contributed by atoms with Crippen molar-refractivity contribution < 1.29 is 19.0 Å². The highest BCUT2D eigenvalue weighted by molar-refractivity contribution is 5.76. The Morgan fingerprint density at radius 1 is 1.23 bits per heavy atom. The summed E-state index contributed by atoms with van der Waals surface area (Å²) in [6.07, 6.45) is 0.418. The normalized spacial score (nSPS) is 18.2. The predicted molar refractivity (Wildman–Crippen MR) is 113 cm³/mol. The Hall–Kier alpha value is -2.91. The molecule has 1 fully saturated rings. The van der Waals surface area contributed by atoms with Crippen molar-refractivity contribution in [2.75, 3.05) is 64.0 Å². The average molecular weight is 413 g/mol. The maximum atomic E-state index is 11.5. The maximum absolute atomic E-state index is 11.5. The van der Waals surface area contributed by atoms with Crippen molar-refractivity contribution in [3.63, 3.8) is 0 Å². The molecule has 0 radical (unpaired) electrons. The highest BCUT2D eigenvalue weighted by Crippen LogP contribution is 2.36. The van der Waals surface area contributed by atoms with Crippen LogP contribution in [0.5, 0.6) is 5.75 Å². The van der Waals surface area contributed by atoms with Crippen LogP contribution in [-0.4, -0.2) is 80.8 Å². The Morgan fingerprint density at radius 3 is 2.93 bits per heavy atom. The lowest BCUT2D eigenvalue weighted by atomic mass is 10.1. The number of para-hydroxylation sites is 1. The van der Waals surface area contributed by atoms with Gasteiger partial charge in [-0.25, -0.2) is 0 Å². The van der Waals surface area contributed by atoms with Crippen molar-refractivity contribution >= 4 is 17.5 Å². The molecule has 0 bridgehead atoms. The van der Waals surface area contributed by atoms with Crippen molar-refractivity contribution in [3.05, 3.63) is 30.3 Å². The van der Waals surface area contributed by atoms with Crippen LogP contribution in [0.15, 0.2) is 30.3 Å². The highest BCUT2D eigenvalue weighted by atomic mass is 16.7. The van der Waals surface area contributed by atoms with Gasteiger partial charge in [0.25, 0.3) is 0 Å². The zero-order valence-corrected chi connectivity index (χ0v) is 17.3. The second-order valence-corrected chi connectivity index (χ2v) is 7.37. The molecule has 2 aliphatic rings. The van der Waals surface area contributed by atoms with Gasteiger partial charge < -0.3 is 24.4 Å². The van der Waals surface area contributed by atoms with Gasteiger partial charge in [-0.05, 0) is 18.2 Å². The van der Waals surface area contributed by atoms with Crippen LogP contribution in [0.4, 0.5) is 11.5 Å². The van der Waals surface area contributed by atoms with E-state index in [0.29, 0.717) is 24.8 Å². The molecule has 30 heavy (non-hydrogen) atoms. The van der Waals surface area contributed by atoms with E-state index in [4.69, 9.17) is 14.2 Å². The van der Waals surface area contributed by atoms with E-state index < -0.39 is 0 Å². The lowest BCUT2D eigenvalue weighted by molar-refractivity contribution is -0.141. The van der Waals surface area contributed by atoms with Gasteiger partial charge in [-0.3, -0.25) is 9.69 Å². The van der Waals surface area contributed by atoms with E-state index in [9.17, 15) is 4.79 Å². The Kier molecular flexibility index (Phi) is 6.29.